The summed E-state index contributed by atoms with van der Waals surface area (Å²) in [4.78, 5) is 19.3. The monoisotopic (exact) mass is 560 g/mol. The number of halogens is 1. The minimum absolute atomic E-state index is 0.0709. The molecule has 0 saturated carbocycles. The molecular formula is C28H25BrN4O2S. The van der Waals surface area contributed by atoms with Crippen LogP contribution in [0.3, 0.4) is 0 Å². The number of carbonyl (C=O) groups excluding carboxylic acids is 1. The van der Waals surface area contributed by atoms with Crippen molar-refractivity contribution in [3.8, 4) is 11.3 Å². The molecule has 2 aromatic carbocycles. The molecular weight excluding hydrogens is 536 g/mol. The Kier molecular flexibility index (Phi) is 7.16. The maximum absolute atomic E-state index is 12.8. The van der Waals surface area contributed by atoms with Gasteiger partial charge in [-0.25, -0.2) is 0 Å². The molecule has 0 unspecified atom stereocenters. The van der Waals surface area contributed by atoms with E-state index in [-0.39, 0.29) is 24.4 Å². The van der Waals surface area contributed by atoms with Gasteiger partial charge in [0.05, 0.1) is 11.7 Å². The van der Waals surface area contributed by atoms with E-state index in [0.29, 0.717) is 11.7 Å². The van der Waals surface area contributed by atoms with Gasteiger partial charge in [-0.15, -0.1) is 0 Å². The summed E-state index contributed by atoms with van der Waals surface area (Å²) in [6.45, 7) is 2.43. The van der Waals surface area contributed by atoms with Crippen LogP contribution in [0.1, 0.15) is 35.5 Å². The lowest BCUT2D eigenvalue weighted by Crippen LogP contribution is -2.32. The van der Waals surface area contributed by atoms with Crippen LogP contribution in [0.4, 0.5) is 5.69 Å². The van der Waals surface area contributed by atoms with E-state index in [9.17, 15) is 4.79 Å². The van der Waals surface area contributed by atoms with Crippen LogP contribution in [0.2, 0.25) is 0 Å². The normalized spacial score (nSPS) is 17.2. The quantitative estimate of drug-likeness (QED) is 0.254. The number of pyridine rings is 1. The highest BCUT2D eigenvalue weighted by Crippen LogP contribution is 2.40. The van der Waals surface area contributed by atoms with Gasteiger partial charge in [-0.1, -0.05) is 46.3 Å². The second kappa shape index (κ2) is 10.6. The standard InChI is InChI=1S/C28H25BrN4O2S/c1-18-5-4-6-21(17-18)31-25(34)14-16-33-27(26(32-28(33)36)22-7-2-3-15-30-22)24-13-12-23(35-24)19-8-10-20(29)11-9-19/h2-13,15,17,26-27H,14,16H2,1H3,(H,31,34)(H,32,36)/t26-,27-/m1/s1. The van der Waals surface area contributed by atoms with Gasteiger partial charge in [0.15, 0.2) is 5.11 Å². The second-order valence-corrected chi connectivity index (χ2v) is 10.00. The molecule has 2 N–H and O–H groups in total. The zero-order valence-corrected chi connectivity index (χ0v) is 22.1. The number of nitrogens with zero attached hydrogens (tertiary/aromatic N) is 2. The summed E-state index contributed by atoms with van der Waals surface area (Å²) in [5.74, 6) is 1.46. The number of nitrogens with one attached hydrogen (secondary N) is 2. The van der Waals surface area contributed by atoms with Crippen LogP contribution in [-0.4, -0.2) is 27.4 Å². The van der Waals surface area contributed by atoms with Crippen LogP contribution >= 0.6 is 28.1 Å². The number of carbonyl (C=O) groups is 1. The Morgan fingerprint density at radius 2 is 1.94 bits per heavy atom. The van der Waals surface area contributed by atoms with Gasteiger partial charge in [0, 0.05) is 34.9 Å². The molecule has 1 fully saturated rings. The Morgan fingerprint density at radius 3 is 2.69 bits per heavy atom. The van der Waals surface area contributed by atoms with E-state index in [1.165, 1.54) is 0 Å². The van der Waals surface area contributed by atoms with Gasteiger partial charge in [-0.05, 0) is 73.2 Å². The van der Waals surface area contributed by atoms with Crippen LogP contribution < -0.4 is 10.6 Å². The predicted octanol–water partition coefficient (Wildman–Crippen LogP) is 6.41. The molecule has 0 spiro atoms. The SMILES string of the molecule is Cc1cccc(NC(=O)CCN2C(=S)N[C@H](c3ccccn3)[C@H]2c2ccc(-c3ccc(Br)cc3)o2)c1. The summed E-state index contributed by atoms with van der Waals surface area (Å²) in [5, 5.41) is 6.95. The topological polar surface area (TPSA) is 70.4 Å². The molecule has 4 aromatic rings. The van der Waals surface area contributed by atoms with Crippen molar-refractivity contribution >= 4 is 44.9 Å². The molecule has 0 aliphatic carbocycles. The van der Waals surface area contributed by atoms with Crippen molar-refractivity contribution in [2.75, 3.05) is 11.9 Å². The summed E-state index contributed by atoms with van der Waals surface area (Å²) in [7, 11) is 0. The van der Waals surface area contributed by atoms with Crippen LogP contribution in [0, 0.1) is 6.92 Å². The number of hydrogen-bond donors (Lipinski definition) is 2. The first-order valence-corrected chi connectivity index (χ1v) is 12.9. The third-order valence-corrected chi connectivity index (χ3v) is 7.01. The molecule has 182 valence electrons. The van der Waals surface area contributed by atoms with Gasteiger partial charge >= 0.3 is 0 Å². The summed E-state index contributed by atoms with van der Waals surface area (Å²) >= 11 is 9.20. The van der Waals surface area contributed by atoms with Crippen molar-refractivity contribution in [1.82, 2.24) is 15.2 Å². The van der Waals surface area contributed by atoms with E-state index in [4.69, 9.17) is 16.6 Å². The number of hydrogen-bond acceptors (Lipinski definition) is 4. The molecule has 2 aromatic heterocycles. The maximum atomic E-state index is 12.8. The van der Waals surface area contributed by atoms with E-state index in [1.54, 1.807) is 6.20 Å². The Hall–Kier alpha value is -3.49. The molecule has 8 heteroatoms. The van der Waals surface area contributed by atoms with Gasteiger partial charge in [0.1, 0.15) is 17.6 Å². The van der Waals surface area contributed by atoms with Crippen molar-refractivity contribution in [3.63, 3.8) is 0 Å². The van der Waals surface area contributed by atoms with Crippen molar-refractivity contribution < 1.29 is 9.21 Å². The number of aryl methyl sites for hydroxylation is 1. The Bertz CT molecular complexity index is 1370. The average molecular weight is 562 g/mol. The Morgan fingerprint density at radius 1 is 1.11 bits per heavy atom. The highest BCUT2D eigenvalue weighted by Gasteiger charge is 2.41. The summed E-state index contributed by atoms with van der Waals surface area (Å²) < 4.78 is 7.36. The van der Waals surface area contributed by atoms with Crippen molar-refractivity contribution in [2.45, 2.75) is 25.4 Å². The molecule has 6 nitrogen and oxygen atoms in total. The molecule has 36 heavy (non-hydrogen) atoms. The summed E-state index contributed by atoms with van der Waals surface area (Å²) in [5.41, 5.74) is 3.72. The van der Waals surface area contributed by atoms with E-state index in [0.717, 1.165) is 38.5 Å². The molecule has 5 rings (SSSR count). The number of benzene rings is 2. The first-order valence-electron chi connectivity index (χ1n) is 11.7. The molecule has 0 radical (unpaired) electrons. The van der Waals surface area contributed by atoms with Crippen molar-refractivity contribution in [2.24, 2.45) is 0 Å². The minimum atomic E-state index is -0.247. The molecule has 2 atom stereocenters. The zero-order valence-electron chi connectivity index (χ0n) is 19.6. The molecule has 1 aliphatic heterocycles. The van der Waals surface area contributed by atoms with E-state index in [1.807, 2.05) is 90.7 Å². The molecule has 1 saturated heterocycles. The molecule has 1 aliphatic rings. The van der Waals surface area contributed by atoms with Crippen molar-refractivity contribution in [3.05, 3.63) is 107 Å². The van der Waals surface area contributed by atoms with Gasteiger partial charge in [0.25, 0.3) is 0 Å². The van der Waals surface area contributed by atoms with Crippen LogP contribution in [0.5, 0.6) is 0 Å². The largest absolute Gasteiger partial charge is 0.459 e. The molecule has 1 amide bonds. The number of anilines is 1. The first-order chi connectivity index (χ1) is 17.5. The number of aromatic nitrogens is 1. The Balaban J connectivity index is 1.39. The maximum Gasteiger partial charge on any atom is 0.226 e. The molecule has 0 bridgehead atoms. The van der Waals surface area contributed by atoms with Crippen molar-refractivity contribution in [1.29, 1.82) is 0 Å². The highest BCUT2D eigenvalue weighted by molar-refractivity contribution is 9.10. The lowest BCUT2D eigenvalue weighted by atomic mass is 10.0. The third-order valence-electron chi connectivity index (χ3n) is 6.13. The number of amides is 1. The van der Waals surface area contributed by atoms with Gasteiger partial charge in [-0.3, -0.25) is 9.78 Å². The highest BCUT2D eigenvalue weighted by atomic mass is 79.9. The predicted molar refractivity (Wildman–Crippen MR) is 148 cm³/mol. The minimum Gasteiger partial charge on any atom is -0.459 e. The van der Waals surface area contributed by atoms with Gasteiger partial charge < -0.3 is 20.0 Å². The number of furan rings is 1. The van der Waals surface area contributed by atoms with Crippen LogP contribution in [-0.2, 0) is 4.79 Å². The van der Waals surface area contributed by atoms with Crippen LogP contribution in [0.15, 0.2) is 93.9 Å². The zero-order chi connectivity index (χ0) is 25.1. The second-order valence-electron chi connectivity index (χ2n) is 8.70. The average Bonchev–Trinajstić information content (AvgIpc) is 3.48. The smallest absolute Gasteiger partial charge is 0.226 e. The third kappa shape index (κ3) is 5.34. The number of thiocarbonyl (C=S) groups is 1. The fourth-order valence-corrected chi connectivity index (χ4v) is 5.00. The summed E-state index contributed by atoms with van der Waals surface area (Å²) in [6, 6.07) is 25.1. The number of rotatable bonds is 7. The van der Waals surface area contributed by atoms with E-state index >= 15 is 0 Å². The van der Waals surface area contributed by atoms with Gasteiger partial charge in [-0.2, -0.15) is 0 Å². The fourth-order valence-electron chi connectivity index (χ4n) is 4.40. The lowest BCUT2D eigenvalue weighted by Gasteiger charge is -2.25. The molecule has 3 heterocycles. The Labute approximate surface area is 223 Å². The lowest BCUT2D eigenvalue weighted by molar-refractivity contribution is -0.116. The van der Waals surface area contributed by atoms with Crippen LogP contribution in [0.25, 0.3) is 11.3 Å². The van der Waals surface area contributed by atoms with E-state index in [2.05, 4.69) is 31.5 Å². The van der Waals surface area contributed by atoms with E-state index < -0.39 is 0 Å². The fraction of sp³-hybridized carbons (Fsp3) is 0.179. The summed E-state index contributed by atoms with van der Waals surface area (Å²) in [6.07, 6.45) is 2.05. The van der Waals surface area contributed by atoms with Gasteiger partial charge in [0.2, 0.25) is 5.91 Å². The first kappa shape index (κ1) is 24.2.